The molecule has 0 spiro atoms. The van der Waals surface area contributed by atoms with Crippen molar-refractivity contribution in [3.63, 3.8) is 0 Å². The molecular formula is C47H58Cl2F3N5O13. The number of amides is 2. The molecule has 2 amide bonds. The molecule has 6 rings (SSSR count). The number of carbonyl (C=O) groups excluding carboxylic acids is 2. The Balaban J connectivity index is 0.00000121. The zero-order valence-electron chi connectivity index (χ0n) is 39.1. The fourth-order valence-corrected chi connectivity index (χ4v) is 7.61. The molecule has 70 heavy (non-hydrogen) atoms. The number of ether oxygens (including phenoxy) is 9. The Hall–Kier alpha value is -5.07. The molecule has 3 heterocycles. The maximum atomic E-state index is 14.3. The molecule has 0 saturated carbocycles. The Bertz CT molecular complexity index is 2330. The van der Waals surface area contributed by atoms with Crippen LogP contribution in [0.3, 0.4) is 0 Å². The molecule has 2 aliphatic heterocycles. The van der Waals surface area contributed by atoms with Gasteiger partial charge in [0, 0.05) is 51.6 Å². The van der Waals surface area contributed by atoms with Crippen LogP contribution in [0.15, 0.2) is 54.6 Å². The van der Waals surface area contributed by atoms with E-state index in [0.29, 0.717) is 149 Å². The van der Waals surface area contributed by atoms with Crippen molar-refractivity contribution in [2.24, 2.45) is 5.73 Å². The third-order valence-electron chi connectivity index (χ3n) is 10.4. The summed E-state index contributed by atoms with van der Waals surface area (Å²) in [4.78, 5) is 38.0. The number of carboxylic acids is 1. The summed E-state index contributed by atoms with van der Waals surface area (Å²) in [5.41, 5.74) is 9.74. The number of methoxy groups -OCH3 is 1. The minimum Gasteiger partial charge on any atom is -0.496 e. The zero-order chi connectivity index (χ0) is 50.7. The van der Waals surface area contributed by atoms with E-state index >= 15 is 0 Å². The van der Waals surface area contributed by atoms with E-state index in [2.05, 4.69) is 5.32 Å². The summed E-state index contributed by atoms with van der Waals surface area (Å²) in [7, 11) is 1.59. The van der Waals surface area contributed by atoms with Crippen LogP contribution in [0.2, 0.25) is 10.0 Å². The Morgan fingerprint density at radius 3 is 1.94 bits per heavy atom. The van der Waals surface area contributed by atoms with E-state index in [9.17, 15) is 22.8 Å². The fraction of sp³-hybridized carbons (Fsp3) is 0.489. The largest absolute Gasteiger partial charge is 0.496 e. The van der Waals surface area contributed by atoms with Crippen LogP contribution < -0.4 is 20.5 Å². The first-order chi connectivity index (χ1) is 33.5. The monoisotopic (exact) mass is 1030 g/mol. The first-order valence-corrected chi connectivity index (χ1v) is 23.0. The molecule has 0 radical (unpaired) electrons. The van der Waals surface area contributed by atoms with Crippen LogP contribution in [-0.2, 0) is 49.4 Å². The molecule has 0 unspecified atom stereocenters. The van der Waals surface area contributed by atoms with Gasteiger partial charge in [0.2, 0.25) is 5.91 Å². The summed E-state index contributed by atoms with van der Waals surface area (Å²) >= 11 is 13.0. The molecule has 1 fully saturated rings. The molecule has 0 aliphatic carbocycles. The highest BCUT2D eigenvalue weighted by atomic mass is 35.5. The van der Waals surface area contributed by atoms with Gasteiger partial charge in [-0.15, -0.1) is 0 Å². The van der Waals surface area contributed by atoms with Crippen LogP contribution in [0.4, 0.5) is 18.9 Å². The summed E-state index contributed by atoms with van der Waals surface area (Å²) in [5.74, 6) is -2.08. The van der Waals surface area contributed by atoms with Crippen LogP contribution >= 0.6 is 23.2 Å². The minimum atomic E-state index is -5.08. The second-order valence-corrected chi connectivity index (χ2v) is 16.9. The number of alkyl halides is 3. The van der Waals surface area contributed by atoms with Crippen molar-refractivity contribution < 1.29 is 75.3 Å². The lowest BCUT2D eigenvalue weighted by atomic mass is 9.95. The van der Waals surface area contributed by atoms with Crippen LogP contribution in [0.5, 0.6) is 11.5 Å². The van der Waals surface area contributed by atoms with Crippen molar-refractivity contribution in [2.45, 2.75) is 38.6 Å². The predicted molar refractivity (Wildman–Crippen MR) is 252 cm³/mol. The number of nitrogens with two attached hydrogens (primary N) is 1. The van der Waals surface area contributed by atoms with Gasteiger partial charge in [-0.1, -0.05) is 35.3 Å². The zero-order valence-corrected chi connectivity index (χ0v) is 40.6. The Morgan fingerprint density at radius 2 is 1.40 bits per heavy atom. The number of morpholine rings is 1. The smallest absolute Gasteiger partial charge is 0.490 e. The van der Waals surface area contributed by atoms with Gasteiger partial charge in [0.1, 0.15) is 18.1 Å². The standard InChI is InChI=1S/C45H57Cl2N5O11.C2HF3O2/c1-45(2)30-62-12-9-51(45)44(54)42-38-29-63-40-28-39(55-3)36(27-37(40)43(38)52(50-42)35-25-32(46)24-33(47)26-35)31-5-4-6-34(23-31)49-41(53)7-10-56-13-15-58-17-19-60-21-22-61-20-18-59-16-14-57-11-8-48;3-2(4,5)1(6)7/h4-6,23-28H,7-22,29-30,48H2,1-3H3,(H,49,53);(H,6,7). The molecule has 4 aromatic rings. The number of carboxylic acid groups (broad SMARTS) is 1. The number of hydrogen-bond acceptors (Lipinski definition) is 14. The number of carbonyl (C=O) groups is 3. The fourth-order valence-electron chi connectivity index (χ4n) is 7.09. The van der Waals surface area contributed by atoms with Gasteiger partial charge >= 0.3 is 12.1 Å². The number of fused-ring (bicyclic) bond motifs is 3. The lowest BCUT2D eigenvalue weighted by molar-refractivity contribution is -0.192. The Kier molecular flexibility index (Phi) is 22.0. The maximum absolute atomic E-state index is 14.3. The molecule has 4 N–H and O–H groups in total. The normalized spacial score (nSPS) is 13.9. The van der Waals surface area contributed by atoms with Crippen LogP contribution in [-0.4, -0.2) is 162 Å². The number of hydrogen-bond donors (Lipinski definition) is 3. The summed E-state index contributed by atoms with van der Waals surface area (Å²) in [5, 5.41) is 15.9. The number of benzene rings is 3. The molecule has 23 heteroatoms. The maximum Gasteiger partial charge on any atom is 0.490 e. The van der Waals surface area contributed by atoms with Gasteiger partial charge in [-0.25, -0.2) is 9.48 Å². The van der Waals surface area contributed by atoms with Gasteiger partial charge in [0.15, 0.2) is 5.69 Å². The molecule has 0 bridgehead atoms. The van der Waals surface area contributed by atoms with Gasteiger partial charge in [0.25, 0.3) is 5.91 Å². The van der Waals surface area contributed by atoms with Crippen molar-refractivity contribution >= 4 is 46.7 Å². The average Bonchev–Trinajstić information content (AvgIpc) is 3.71. The number of aliphatic carboxylic acids is 1. The van der Waals surface area contributed by atoms with Gasteiger partial charge < -0.3 is 63.7 Å². The number of nitrogens with one attached hydrogen (secondary N) is 1. The summed E-state index contributed by atoms with van der Waals surface area (Å²) < 4.78 is 84.1. The molecule has 2 aliphatic rings. The quantitative estimate of drug-likeness (QED) is 0.0591. The van der Waals surface area contributed by atoms with E-state index in [1.54, 1.807) is 34.9 Å². The average molecular weight is 1030 g/mol. The highest BCUT2D eigenvalue weighted by Gasteiger charge is 2.40. The van der Waals surface area contributed by atoms with Gasteiger partial charge in [-0.2, -0.15) is 18.3 Å². The molecule has 1 aromatic heterocycles. The highest BCUT2D eigenvalue weighted by molar-refractivity contribution is 6.34. The van der Waals surface area contributed by atoms with Crippen LogP contribution in [0.1, 0.15) is 36.3 Å². The lowest BCUT2D eigenvalue weighted by Crippen LogP contribution is -2.55. The van der Waals surface area contributed by atoms with E-state index < -0.39 is 17.7 Å². The molecule has 3 aromatic carbocycles. The molecule has 384 valence electrons. The van der Waals surface area contributed by atoms with Crippen LogP contribution in [0, 0.1) is 0 Å². The molecular weight excluding hydrogens is 970 g/mol. The molecule has 1 saturated heterocycles. The summed E-state index contributed by atoms with van der Waals surface area (Å²) in [6, 6.07) is 16.4. The van der Waals surface area contributed by atoms with Gasteiger partial charge in [-0.3, -0.25) is 9.59 Å². The molecule has 18 nitrogen and oxygen atoms in total. The number of rotatable bonds is 25. The van der Waals surface area contributed by atoms with Gasteiger partial charge in [0.05, 0.1) is 123 Å². The third kappa shape index (κ3) is 16.5. The van der Waals surface area contributed by atoms with E-state index in [-0.39, 0.29) is 37.1 Å². The second kappa shape index (κ2) is 27.5. The van der Waals surface area contributed by atoms with Crippen molar-refractivity contribution in [3.8, 4) is 39.6 Å². The second-order valence-electron chi connectivity index (χ2n) is 16.0. The van der Waals surface area contributed by atoms with E-state index in [0.717, 1.165) is 11.1 Å². The Labute approximate surface area is 413 Å². The number of anilines is 1. The topological polar surface area (TPSA) is 214 Å². The van der Waals surface area contributed by atoms with Crippen LogP contribution in [0.25, 0.3) is 28.1 Å². The van der Waals surface area contributed by atoms with Crippen molar-refractivity contribution in [1.82, 2.24) is 14.7 Å². The number of aromatic nitrogens is 2. The molecule has 0 atom stereocenters. The lowest BCUT2D eigenvalue weighted by Gasteiger charge is -2.41. The van der Waals surface area contributed by atoms with Gasteiger partial charge in [-0.05, 0) is 55.8 Å². The first-order valence-electron chi connectivity index (χ1n) is 22.2. The van der Waals surface area contributed by atoms with Crippen molar-refractivity contribution in [3.05, 3.63) is 75.9 Å². The van der Waals surface area contributed by atoms with E-state index in [4.69, 9.17) is 86.6 Å². The van der Waals surface area contributed by atoms with E-state index in [1.165, 1.54) is 0 Å². The summed E-state index contributed by atoms with van der Waals surface area (Å²) in [6.07, 6.45) is -4.93. The summed E-state index contributed by atoms with van der Waals surface area (Å²) in [6.45, 7) is 11.1. The predicted octanol–water partition coefficient (Wildman–Crippen LogP) is 6.69. The first kappa shape index (κ1) is 55.9. The van der Waals surface area contributed by atoms with Crippen molar-refractivity contribution in [1.29, 1.82) is 0 Å². The third-order valence-corrected chi connectivity index (χ3v) is 10.8. The SMILES string of the molecule is COc1cc2c(cc1-c1cccc(NC(=O)CCOCCOCCOCCOCCOCCOCCN)c1)-c1c(c(C(=O)N3CCOCC3(C)C)nn1-c1cc(Cl)cc(Cl)c1)CO2.O=C(O)C(F)(F)F. The minimum absolute atomic E-state index is 0.0978. The highest BCUT2D eigenvalue weighted by Crippen LogP contribution is 2.47. The number of nitrogens with zero attached hydrogens (tertiary/aromatic N) is 3. The Morgan fingerprint density at radius 1 is 0.829 bits per heavy atom. The van der Waals surface area contributed by atoms with E-state index in [1.807, 2.05) is 50.2 Å². The van der Waals surface area contributed by atoms with Crippen molar-refractivity contribution in [2.75, 3.05) is 118 Å². The number of halogens is 5.